The number of hydrogen-bond acceptors (Lipinski definition) is 4. The fourth-order valence-corrected chi connectivity index (χ4v) is 3.29. The second-order valence-electron chi connectivity index (χ2n) is 6.67. The molecular formula is C20H21F3N2O2. The number of pyridine rings is 1. The van der Waals surface area contributed by atoms with E-state index < -0.39 is 18.8 Å². The van der Waals surface area contributed by atoms with Crippen LogP contribution in [0.3, 0.4) is 0 Å². The highest BCUT2D eigenvalue weighted by atomic mass is 19.4. The first-order valence-corrected chi connectivity index (χ1v) is 8.87. The Morgan fingerprint density at radius 2 is 1.67 bits per heavy atom. The van der Waals surface area contributed by atoms with Gasteiger partial charge in [-0.1, -0.05) is 30.3 Å². The first-order chi connectivity index (χ1) is 12.9. The lowest BCUT2D eigenvalue weighted by Crippen LogP contribution is -2.42. The molecule has 2 heterocycles. The first-order valence-electron chi connectivity index (χ1n) is 8.87. The van der Waals surface area contributed by atoms with Crippen LogP contribution >= 0.6 is 0 Å². The van der Waals surface area contributed by atoms with Crippen LogP contribution in [0.15, 0.2) is 54.9 Å². The van der Waals surface area contributed by atoms with E-state index in [0.29, 0.717) is 12.8 Å². The van der Waals surface area contributed by atoms with Crippen molar-refractivity contribution in [1.82, 2.24) is 9.88 Å². The molecule has 0 bridgehead atoms. The van der Waals surface area contributed by atoms with Crippen molar-refractivity contribution in [3.05, 3.63) is 66.0 Å². The number of ether oxygens (including phenoxy) is 1. The predicted molar refractivity (Wildman–Crippen MR) is 93.8 cm³/mol. The zero-order chi connectivity index (χ0) is 19.3. The van der Waals surface area contributed by atoms with Crippen molar-refractivity contribution in [3.8, 4) is 0 Å². The zero-order valence-electron chi connectivity index (χ0n) is 14.7. The number of piperidine rings is 1. The molecule has 1 fully saturated rings. The summed E-state index contributed by atoms with van der Waals surface area (Å²) in [5.74, 6) is -0.755. The van der Waals surface area contributed by atoms with Crippen LogP contribution in [0.5, 0.6) is 0 Å². The van der Waals surface area contributed by atoms with E-state index in [0.717, 1.165) is 11.1 Å². The number of halogens is 3. The number of benzene rings is 1. The average Bonchev–Trinajstić information content (AvgIpc) is 2.66. The van der Waals surface area contributed by atoms with Gasteiger partial charge >= 0.3 is 12.1 Å². The maximum Gasteiger partial charge on any atom is 0.401 e. The predicted octanol–water partition coefficient (Wildman–Crippen LogP) is 3.99. The summed E-state index contributed by atoms with van der Waals surface area (Å²) in [5, 5.41) is 0. The van der Waals surface area contributed by atoms with Crippen LogP contribution < -0.4 is 0 Å². The lowest BCUT2D eigenvalue weighted by molar-refractivity contribution is -0.158. The van der Waals surface area contributed by atoms with Gasteiger partial charge in [0.05, 0.1) is 12.5 Å². The molecule has 0 N–H and O–H groups in total. The Hall–Kier alpha value is -2.41. The van der Waals surface area contributed by atoms with Gasteiger partial charge in [-0.05, 0) is 43.6 Å². The Kier molecular flexibility index (Phi) is 6.11. The van der Waals surface area contributed by atoms with Gasteiger partial charge in [-0.25, -0.2) is 0 Å². The summed E-state index contributed by atoms with van der Waals surface area (Å²) in [4.78, 5) is 18.0. The monoisotopic (exact) mass is 378 g/mol. The number of carbonyl (C=O) groups is 1. The lowest BCUT2D eigenvalue weighted by atomic mass is 9.96. The van der Waals surface area contributed by atoms with Crippen LogP contribution in [-0.4, -0.2) is 41.7 Å². The van der Waals surface area contributed by atoms with Gasteiger partial charge in [0.25, 0.3) is 0 Å². The minimum absolute atomic E-state index is 0.241. The number of nitrogens with zero attached hydrogens (tertiary/aromatic N) is 2. The van der Waals surface area contributed by atoms with Gasteiger partial charge in [0.1, 0.15) is 0 Å². The fraction of sp³-hybridized carbons (Fsp3) is 0.400. The van der Waals surface area contributed by atoms with E-state index in [4.69, 9.17) is 4.74 Å². The molecule has 0 spiro atoms. The van der Waals surface area contributed by atoms with Crippen molar-refractivity contribution < 1.29 is 22.7 Å². The maximum atomic E-state index is 12.7. The van der Waals surface area contributed by atoms with Crippen LogP contribution in [0.4, 0.5) is 13.2 Å². The van der Waals surface area contributed by atoms with E-state index in [1.54, 1.807) is 24.5 Å². The number of carbonyl (C=O) groups excluding carboxylic acids is 1. The summed E-state index contributed by atoms with van der Waals surface area (Å²) in [6.07, 6.45) is -0.772. The fourth-order valence-electron chi connectivity index (χ4n) is 3.29. The molecule has 1 aromatic carbocycles. The van der Waals surface area contributed by atoms with E-state index in [-0.39, 0.29) is 25.0 Å². The Balaban J connectivity index is 1.66. The molecule has 4 nitrogen and oxygen atoms in total. The Morgan fingerprint density at radius 3 is 2.26 bits per heavy atom. The van der Waals surface area contributed by atoms with E-state index in [1.165, 1.54) is 4.90 Å². The van der Waals surface area contributed by atoms with Gasteiger partial charge in [0.15, 0.2) is 6.10 Å². The second-order valence-corrected chi connectivity index (χ2v) is 6.67. The van der Waals surface area contributed by atoms with E-state index in [1.807, 2.05) is 30.3 Å². The molecule has 1 unspecified atom stereocenters. The van der Waals surface area contributed by atoms with E-state index in [9.17, 15) is 18.0 Å². The second kappa shape index (κ2) is 8.52. The third-order valence-corrected chi connectivity index (χ3v) is 4.67. The molecule has 1 atom stereocenters. The molecule has 1 saturated heterocycles. The van der Waals surface area contributed by atoms with Gasteiger partial charge < -0.3 is 4.74 Å². The van der Waals surface area contributed by atoms with Crippen LogP contribution in [0.25, 0.3) is 0 Å². The number of esters is 1. The molecule has 0 amide bonds. The first kappa shape index (κ1) is 19.4. The van der Waals surface area contributed by atoms with E-state index in [2.05, 4.69) is 4.98 Å². The van der Waals surface area contributed by atoms with Crippen molar-refractivity contribution in [1.29, 1.82) is 0 Å². The normalized spacial score (nSPS) is 17.4. The van der Waals surface area contributed by atoms with Crippen molar-refractivity contribution in [3.63, 3.8) is 0 Å². The third kappa shape index (κ3) is 5.53. The number of rotatable bonds is 5. The third-order valence-electron chi connectivity index (χ3n) is 4.67. The molecule has 1 aliphatic rings. The summed E-state index contributed by atoms with van der Waals surface area (Å²) in [5.41, 5.74) is 1.64. The van der Waals surface area contributed by atoms with Crippen LogP contribution in [0, 0.1) is 5.92 Å². The number of alkyl halides is 3. The molecule has 0 aliphatic carbocycles. The van der Waals surface area contributed by atoms with E-state index >= 15 is 0 Å². The van der Waals surface area contributed by atoms with Crippen LogP contribution in [0.2, 0.25) is 0 Å². The topological polar surface area (TPSA) is 42.4 Å². The lowest BCUT2D eigenvalue weighted by Gasteiger charge is -2.32. The summed E-state index contributed by atoms with van der Waals surface area (Å²) < 4.78 is 43.3. The molecule has 144 valence electrons. The molecule has 1 aliphatic heterocycles. The van der Waals surface area contributed by atoms with Crippen LogP contribution in [0.1, 0.15) is 30.1 Å². The summed E-state index contributed by atoms with van der Waals surface area (Å²) in [6, 6.07) is 13.0. The summed E-state index contributed by atoms with van der Waals surface area (Å²) >= 11 is 0. The highest BCUT2D eigenvalue weighted by molar-refractivity contribution is 5.73. The zero-order valence-corrected chi connectivity index (χ0v) is 14.7. The smallest absolute Gasteiger partial charge is 0.401 e. The number of likely N-dealkylation sites (tertiary alicyclic amines) is 1. The van der Waals surface area contributed by atoms with Crippen molar-refractivity contribution >= 4 is 5.97 Å². The molecule has 7 heteroatoms. The molecule has 1 aromatic heterocycles. The highest BCUT2D eigenvalue weighted by Crippen LogP contribution is 2.29. The number of hydrogen-bond donors (Lipinski definition) is 0. The molecule has 3 rings (SSSR count). The molecule has 2 aromatic rings. The van der Waals surface area contributed by atoms with Gasteiger partial charge in [0.2, 0.25) is 0 Å². The summed E-state index contributed by atoms with van der Waals surface area (Å²) in [7, 11) is 0. The Morgan fingerprint density at radius 1 is 1.07 bits per heavy atom. The number of aromatic nitrogens is 1. The summed E-state index contributed by atoms with van der Waals surface area (Å²) in [6.45, 7) is -0.451. The SMILES string of the molecule is O=C(OC(c1ccccc1)c1ccncc1)C1CCN(CC(F)(F)F)CC1. The maximum absolute atomic E-state index is 12.7. The van der Waals surface area contributed by atoms with Crippen LogP contribution in [-0.2, 0) is 9.53 Å². The van der Waals surface area contributed by atoms with Crippen molar-refractivity contribution in [2.45, 2.75) is 25.1 Å². The minimum Gasteiger partial charge on any atom is -0.452 e. The largest absolute Gasteiger partial charge is 0.452 e. The van der Waals surface area contributed by atoms with Gasteiger partial charge in [-0.15, -0.1) is 0 Å². The molecule has 0 radical (unpaired) electrons. The van der Waals surface area contributed by atoms with Gasteiger partial charge in [-0.3, -0.25) is 14.7 Å². The molecule has 0 saturated carbocycles. The Labute approximate surface area is 156 Å². The highest BCUT2D eigenvalue weighted by Gasteiger charge is 2.35. The Bertz CT molecular complexity index is 690. The quantitative estimate of drug-likeness (QED) is 0.738. The standard InChI is InChI=1S/C20H21F3N2O2/c21-20(22,23)14-25-12-8-17(9-13-25)19(26)27-18(15-4-2-1-3-5-15)16-6-10-24-11-7-16/h1-7,10-11,17-18H,8-9,12-14H2. The average molecular weight is 378 g/mol. The minimum atomic E-state index is -4.22. The molecular weight excluding hydrogens is 357 g/mol. The van der Waals surface area contributed by atoms with Crippen molar-refractivity contribution in [2.24, 2.45) is 5.92 Å². The van der Waals surface area contributed by atoms with Gasteiger partial charge in [0, 0.05) is 18.0 Å². The molecule has 27 heavy (non-hydrogen) atoms. The van der Waals surface area contributed by atoms with Crippen molar-refractivity contribution in [2.75, 3.05) is 19.6 Å². The van der Waals surface area contributed by atoms with Gasteiger partial charge in [-0.2, -0.15) is 13.2 Å².